The second-order valence-corrected chi connectivity index (χ2v) is 6.07. The van der Waals surface area contributed by atoms with E-state index in [9.17, 15) is 9.59 Å². The van der Waals surface area contributed by atoms with E-state index in [1.807, 2.05) is 6.92 Å². The molecule has 6 heteroatoms. The predicted octanol–water partition coefficient (Wildman–Crippen LogP) is 1.07. The molecule has 2 heterocycles. The Labute approximate surface area is 126 Å². The van der Waals surface area contributed by atoms with Gasteiger partial charge in [0.25, 0.3) is 0 Å². The third kappa shape index (κ3) is 4.59. The number of rotatable bonds is 3. The number of likely N-dealkylation sites (tertiary alicyclic amines) is 2. The maximum Gasteiger partial charge on any atom is 0.409 e. The molecule has 0 bridgehead atoms. The van der Waals surface area contributed by atoms with Crippen molar-refractivity contribution in [2.24, 2.45) is 5.92 Å². The first kappa shape index (κ1) is 16.1. The van der Waals surface area contributed by atoms with E-state index in [4.69, 9.17) is 4.74 Å². The molecule has 2 aliphatic rings. The summed E-state index contributed by atoms with van der Waals surface area (Å²) in [4.78, 5) is 27.9. The van der Waals surface area contributed by atoms with Crippen LogP contribution in [0.1, 0.15) is 32.6 Å². The summed E-state index contributed by atoms with van der Waals surface area (Å²) in [7, 11) is 2.07. The van der Waals surface area contributed by atoms with Crippen molar-refractivity contribution in [3.63, 3.8) is 0 Å². The van der Waals surface area contributed by atoms with Gasteiger partial charge in [-0.3, -0.25) is 4.79 Å². The molecule has 1 atom stereocenters. The molecule has 2 amide bonds. The van der Waals surface area contributed by atoms with E-state index in [-0.39, 0.29) is 24.0 Å². The predicted molar refractivity (Wildman–Crippen MR) is 80.0 cm³/mol. The van der Waals surface area contributed by atoms with Crippen LogP contribution >= 0.6 is 0 Å². The fourth-order valence-corrected chi connectivity index (χ4v) is 3.12. The summed E-state index contributed by atoms with van der Waals surface area (Å²) in [5.74, 6) is 0.294. The van der Waals surface area contributed by atoms with Crippen LogP contribution in [-0.2, 0) is 9.53 Å². The average molecular weight is 297 g/mol. The van der Waals surface area contributed by atoms with Crippen molar-refractivity contribution >= 4 is 12.0 Å². The van der Waals surface area contributed by atoms with E-state index in [1.54, 1.807) is 4.90 Å². The molecule has 2 fully saturated rings. The molecule has 6 nitrogen and oxygen atoms in total. The van der Waals surface area contributed by atoms with E-state index >= 15 is 0 Å². The van der Waals surface area contributed by atoms with Gasteiger partial charge in [0.15, 0.2) is 0 Å². The van der Waals surface area contributed by atoms with Crippen molar-refractivity contribution in [2.45, 2.75) is 38.6 Å². The third-order valence-electron chi connectivity index (χ3n) is 4.36. The Balaban J connectivity index is 1.73. The molecule has 0 radical (unpaired) electrons. The SMILES string of the molecule is CCOC(=O)N1CCC(NC(=O)C2CCCN(C)C2)CC1. The summed E-state index contributed by atoms with van der Waals surface area (Å²) in [6, 6.07) is 0.190. The Morgan fingerprint density at radius 3 is 2.52 bits per heavy atom. The number of piperidine rings is 2. The Hall–Kier alpha value is -1.30. The molecule has 1 unspecified atom stereocenters. The highest BCUT2D eigenvalue weighted by Gasteiger charge is 2.28. The highest BCUT2D eigenvalue weighted by atomic mass is 16.6. The summed E-state index contributed by atoms with van der Waals surface area (Å²) < 4.78 is 5.00. The molecule has 0 saturated carbocycles. The van der Waals surface area contributed by atoms with Gasteiger partial charge in [0, 0.05) is 25.7 Å². The number of nitrogens with one attached hydrogen (secondary N) is 1. The standard InChI is InChI=1S/C15H27N3O3/c1-3-21-15(20)18-9-6-13(7-10-18)16-14(19)12-5-4-8-17(2)11-12/h12-13H,3-11H2,1-2H3,(H,16,19). The molecule has 120 valence electrons. The van der Waals surface area contributed by atoms with Crippen LogP contribution in [0, 0.1) is 5.92 Å². The fraction of sp³-hybridized carbons (Fsp3) is 0.867. The molecule has 0 aromatic heterocycles. The maximum absolute atomic E-state index is 12.3. The molecule has 0 spiro atoms. The van der Waals surface area contributed by atoms with Gasteiger partial charge in [-0.05, 0) is 46.2 Å². The molecule has 0 aliphatic carbocycles. The normalized spacial score (nSPS) is 24.7. The van der Waals surface area contributed by atoms with Crippen LogP contribution in [0.4, 0.5) is 4.79 Å². The molecule has 1 N–H and O–H groups in total. The molecular formula is C15H27N3O3. The quantitative estimate of drug-likeness (QED) is 0.846. The van der Waals surface area contributed by atoms with Gasteiger partial charge in [0.1, 0.15) is 0 Å². The lowest BCUT2D eigenvalue weighted by molar-refractivity contribution is -0.127. The van der Waals surface area contributed by atoms with Crippen molar-refractivity contribution in [2.75, 3.05) is 39.8 Å². The Morgan fingerprint density at radius 1 is 1.19 bits per heavy atom. The summed E-state index contributed by atoms with van der Waals surface area (Å²) in [5, 5.41) is 3.16. The summed E-state index contributed by atoms with van der Waals surface area (Å²) in [6.45, 7) is 5.48. The highest BCUT2D eigenvalue weighted by Crippen LogP contribution is 2.17. The average Bonchev–Trinajstić information content (AvgIpc) is 2.48. The molecular weight excluding hydrogens is 270 g/mol. The van der Waals surface area contributed by atoms with Gasteiger partial charge in [-0.25, -0.2) is 4.79 Å². The van der Waals surface area contributed by atoms with Crippen molar-refractivity contribution in [3.8, 4) is 0 Å². The lowest BCUT2D eigenvalue weighted by Crippen LogP contribution is -2.49. The topological polar surface area (TPSA) is 61.9 Å². The minimum Gasteiger partial charge on any atom is -0.450 e. The first-order valence-corrected chi connectivity index (χ1v) is 8.00. The molecule has 2 saturated heterocycles. The van der Waals surface area contributed by atoms with Gasteiger partial charge in [0.2, 0.25) is 5.91 Å². The van der Waals surface area contributed by atoms with Crippen LogP contribution in [0.2, 0.25) is 0 Å². The molecule has 2 rings (SSSR count). The smallest absolute Gasteiger partial charge is 0.409 e. The van der Waals surface area contributed by atoms with E-state index in [0.717, 1.165) is 38.8 Å². The van der Waals surface area contributed by atoms with E-state index in [2.05, 4.69) is 17.3 Å². The second-order valence-electron chi connectivity index (χ2n) is 6.07. The molecule has 2 aliphatic heterocycles. The van der Waals surface area contributed by atoms with Gasteiger partial charge in [0.05, 0.1) is 12.5 Å². The zero-order valence-electron chi connectivity index (χ0n) is 13.1. The van der Waals surface area contributed by atoms with Crippen LogP contribution in [0.3, 0.4) is 0 Å². The van der Waals surface area contributed by atoms with Crippen molar-refractivity contribution < 1.29 is 14.3 Å². The number of carbonyl (C=O) groups excluding carboxylic acids is 2. The van der Waals surface area contributed by atoms with Crippen LogP contribution in [0.15, 0.2) is 0 Å². The van der Waals surface area contributed by atoms with Gasteiger partial charge < -0.3 is 19.9 Å². The number of nitrogens with zero attached hydrogens (tertiary/aromatic N) is 2. The second kappa shape index (κ2) is 7.64. The number of amides is 2. The number of carbonyl (C=O) groups is 2. The lowest BCUT2D eigenvalue weighted by Gasteiger charge is -2.34. The minimum atomic E-state index is -0.240. The van der Waals surface area contributed by atoms with E-state index < -0.39 is 0 Å². The Kier molecular flexibility index (Phi) is 5.85. The van der Waals surface area contributed by atoms with Crippen LogP contribution in [0.25, 0.3) is 0 Å². The first-order valence-electron chi connectivity index (χ1n) is 8.00. The van der Waals surface area contributed by atoms with Crippen LogP contribution in [0.5, 0.6) is 0 Å². The van der Waals surface area contributed by atoms with E-state index in [0.29, 0.717) is 19.7 Å². The summed E-state index contributed by atoms with van der Waals surface area (Å²) >= 11 is 0. The van der Waals surface area contributed by atoms with Gasteiger partial charge in [-0.2, -0.15) is 0 Å². The Morgan fingerprint density at radius 2 is 1.90 bits per heavy atom. The zero-order valence-corrected chi connectivity index (χ0v) is 13.1. The monoisotopic (exact) mass is 297 g/mol. The Bertz CT molecular complexity index is 367. The number of hydrogen-bond donors (Lipinski definition) is 1. The minimum absolute atomic E-state index is 0.117. The van der Waals surface area contributed by atoms with Crippen molar-refractivity contribution in [3.05, 3.63) is 0 Å². The van der Waals surface area contributed by atoms with Crippen LogP contribution in [-0.4, -0.2) is 67.7 Å². The number of hydrogen-bond acceptors (Lipinski definition) is 4. The lowest BCUT2D eigenvalue weighted by atomic mass is 9.96. The first-order chi connectivity index (χ1) is 10.1. The van der Waals surface area contributed by atoms with Gasteiger partial charge in [-0.1, -0.05) is 0 Å². The summed E-state index contributed by atoms with van der Waals surface area (Å²) in [5.41, 5.74) is 0. The summed E-state index contributed by atoms with van der Waals surface area (Å²) in [6.07, 6.45) is 3.46. The molecule has 0 aromatic rings. The van der Waals surface area contributed by atoms with Crippen LogP contribution < -0.4 is 5.32 Å². The largest absolute Gasteiger partial charge is 0.450 e. The zero-order chi connectivity index (χ0) is 15.2. The highest BCUT2D eigenvalue weighted by molar-refractivity contribution is 5.79. The molecule has 21 heavy (non-hydrogen) atoms. The van der Waals surface area contributed by atoms with E-state index in [1.165, 1.54) is 0 Å². The maximum atomic E-state index is 12.3. The third-order valence-corrected chi connectivity index (χ3v) is 4.36. The fourth-order valence-electron chi connectivity index (χ4n) is 3.12. The van der Waals surface area contributed by atoms with Crippen molar-refractivity contribution in [1.82, 2.24) is 15.1 Å². The number of ether oxygens (including phenoxy) is 1. The van der Waals surface area contributed by atoms with Gasteiger partial charge in [-0.15, -0.1) is 0 Å². The molecule has 0 aromatic carbocycles. The van der Waals surface area contributed by atoms with Gasteiger partial charge >= 0.3 is 6.09 Å². The van der Waals surface area contributed by atoms with Crippen molar-refractivity contribution in [1.29, 1.82) is 0 Å².